The molecule has 2 aliphatic carbocycles. The molecule has 1 unspecified atom stereocenters. The number of hydrogen-bond acceptors (Lipinski definition) is 3. The molecule has 0 radical (unpaired) electrons. The third kappa shape index (κ3) is 1.56. The minimum absolute atomic E-state index is 0.0391. The highest BCUT2D eigenvalue weighted by Gasteiger charge is 2.61. The van der Waals surface area contributed by atoms with E-state index in [2.05, 4.69) is 20.8 Å². The van der Waals surface area contributed by atoms with Crippen molar-refractivity contribution < 1.29 is 9.53 Å². The molecule has 2 saturated carbocycles. The van der Waals surface area contributed by atoms with Crippen molar-refractivity contribution in [1.82, 2.24) is 0 Å². The Morgan fingerprint density at radius 1 is 1.44 bits per heavy atom. The van der Waals surface area contributed by atoms with Crippen molar-refractivity contribution in [3.63, 3.8) is 0 Å². The zero-order chi connectivity index (χ0) is 12.1. The fourth-order valence-corrected chi connectivity index (χ4v) is 3.77. The lowest BCUT2D eigenvalue weighted by atomic mass is 9.70. The van der Waals surface area contributed by atoms with Gasteiger partial charge in [-0.2, -0.15) is 0 Å². The highest BCUT2D eigenvalue weighted by Crippen LogP contribution is 2.63. The predicted octanol–water partition coefficient (Wildman–Crippen LogP) is 2.09. The van der Waals surface area contributed by atoms with Gasteiger partial charge in [-0.3, -0.25) is 4.79 Å². The summed E-state index contributed by atoms with van der Waals surface area (Å²) < 4.78 is 5.66. The van der Waals surface area contributed by atoms with Gasteiger partial charge in [-0.05, 0) is 32.1 Å². The topological polar surface area (TPSA) is 52.3 Å². The molecule has 0 saturated heterocycles. The zero-order valence-corrected chi connectivity index (χ0v) is 10.7. The van der Waals surface area contributed by atoms with Crippen LogP contribution < -0.4 is 5.73 Å². The molecule has 2 aliphatic rings. The van der Waals surface area contributed by atoms with Gasteiger partial charge in [0.1, 0.15) is 12.1 Å². The summed E-state index contributed by atoms with van der Waals surface area (Å²) >= 11 is 0. The second-order valence-corrected chi connectivity index (χ2v) is 6.52. The molecule has 3 heteroatoms. The quantitative estimate of drug-likeness (QED) is 0.732. The summed E-state index contributed by atoms with van der Waals surface area (Å²) in [4.78, 5) is 11.7. The summed E-state index contributed by atoms with van der Waals surface area (Å²) in [5, 5.41) is 0. The first kappa shape index (κ1) is 11.9. The Balaban J connectivity index is 2.17. The summed E-state index contributed by atoms with van der Waals surface area (Å²) in [5.74, 6) is 0.440. The molecule has 92 valence electrons. The van der Waals surface area contributed by atoms with E-state index in [1.54, 1.807) is 6.92 Å². The Labute approximate surface area is 97.7 Å². The van der Waals surface area contributed by atoms with Gasteiger partial charge in [0.2, 0.25) is 0 Å². The van der Waals surface area contributed by atoms with Crippen molar-refractivity contribution in [2.24, 2.45) is 22.5 Å². The minimum atomic E-state index is -0.515. The number of carbonyl (C=O) groups is 1. The second kappa shape index (κ2) is 3.46. The van der Waals surface area contributed by atoms with Gasteiger partial charge in [0.15, 0.2) is 0 Å². The molecular weight excluding hydrogens is 202 g/mol. The van der Waals surface area contributed by atoms with E-state index in [1.165, 1.54) is 19.3 Å². The first-order chi connectivity index (χ1) is 7.27. The monoisotopic (exact) mass is 225 g/mol. The molecule has 0 aromatic heterocycles. The average Bonchev–Trinajstić information content (AvgIpc) is 2.63. The Morgan fingerprint density at radius 2 is 2.06 bits per heavy atom. The van der Waals surface area contributed by atoms with E-state index in [-0.39, 0.29) is 22.9 Å². The summed E-state index contributed by atoms with van der Waals surface area (Å²) in [6.45, 7) is 8.38. The Hall–Kier alpha value is -0.570. The van der Waals surface area contributed by atoms with E-state index in [0.29, 0.717) is 5.92 Å². The van der Waals surface area contributed by atoms with E-state index in [0.717, 1.165) is 0 Å². The van der Waals surface area contributed by atoms with Gasteiger partial charge in [0.05, 0.1) is 0 Å². The summed E-state index contributed by atoms with van der Waals surface area (Å²) in [6.07, 6.45) is 3.68. The SMILES string of the molecule is C[C@@H](N)C(=O)OC1C(C)(C)[C@@H]2CC[C@@]1(C)C2. The molecule has 2 fully saturated rings. The highest BCUT2D eigenvalue weighted by molar-refractivity contribution is 5.75. The molecule has 0 aromatic rings. The van der Waals surface area contributed by atoms with Crippen LogP contribution in [0.15, 0.2) is 0 Å². The van der Waals surface area contributed by atoms with E-state index >= 15 is 0 Å². The van der Waals surface area contributed by atoms with Crippen LogP contribution in [0.25, 0.3) is 0 Å². The smallest absolute Gasteiger partial charge is 0.322 e. The normalized spacial score (nSPS) is 42.1. The van der Waals surface area contributed by atoms with Crippen molar-refractivity contribution in [3.05, 3.63) is 0 Å². The molecule has 0 spiro atoms. The Kier molecular flexibility index (Phi) is 2.57. The van der Waals surface area contributed by atoms with Crippen LogP contribution in [0.2, 0.25) is 0 Å². The van der Waals surface area contributed by atoms with E-state index < -0.39 is 6.04 Å². The third-order valence-electron chi connectivity index (χ3n) is 4.74. The van der Waals surface area contributed by atoms with Crippen LogP contribution in [-0.2, 0) is 9.53 Å². The summed E-state index contributed by atoms with van der Waals surface area (Å²) in [7, 11) is 0. The summed E-state index contributed by atoms with van der Waals surface area (Å²) in [6, 6.07) is -0.515. The van der Waals surface area contributed by atoms with Gasteiger partial charge >= 0.3 is 5.97 Å². The second-order valence-electron chi connectivity index (χ2n) is 6.52. The lowest BCUT2D eigenvalue weighted by Gasteiger charge is -2.41. The number of rotatable bonds is 2. The fourth-order valence-electron chi connectivity index (χ4n) is 3.77. The van der Waals surface area contributed by atoms with Crippen molar-refractivity contribution in [2.75, 3.05) is 0 Å². The molecule has 16 heavy (non-hydrogen) atoms. The maximum Gasteiger partial charge on any atom is 0.322 e. The van der Waals surface area contributed by atoms with Gasteiger partial charge in [-0.25, -0.2) is 0 Å². The van der Waals surface area contributed by atoms with Gasteiger partial charge in [0, 0.05) is 10.8 Å². The largest absolute Gasteiger partial charge is 0.460 e. The number of carbonyl (C=O) groups excluding carboxylic acids is 1. The summed E-state index contributed by atoms with van der Waals surface area (Å²) in [5.41, 5.74) is 5.86. The molecule has 3 nitrogen and oxygen atoms in total. The molecule has 2 bridgehead atoms. The first-order valence-electron chi connectivity index (χ1n) is 6.23. The van der Waals surface area contributed by atoms with Gasteiger partial charge in [0.25, 0.3) is 0 Å². The fraction of sp³-hybridized carbons (Fsp3) is 0.923. The lowest BCUT2D eigenvalue weighted by molar-refractivity contribution is -0.165. The van der Waals surface area contributed by atoms with Gasteiger partial charge < -0.3 is 10.5 Å². The third-order valence-corrected chi connectivity index (χ3v) is 4.74. The van der Waals surface area contributed by atoms with Crippen molar-refractivity contribution >= 4 is 5.97 Å². The van der Waals surface area contributed by atoms with Gasteiger partial charge in [-0.15, -0.1) is 0 Å². The molecule has 2 N–H and O–H groups in total. The predicted molar refractivity (Wildman–Crippen MR) is 62.8 cm³/mol. The number of hydrogen-bond donors (Lipinski definition) is 1. The number of fused-ring (bicyclic) bond motifs is 2. The molecule has 0 amide bonds. The minimum Gasteiger partial charge on any atom is -0.460 e. The van der Waals surface area contributed by atoms with Crippen molar-refractivity contribution in [2.45, 2.75) is 59.1 Å². The standard InChI is InChI=1S/C13H23NO2/c1-8(14)10(15)16-11-12(2,3)9-5-6-13(11,4)7-9/h8-9,11H,5-7,14H2,1-4H3/t8-,9-,11?,13+/m1/s1. The number of nitrogens with two attached hydrogens (primary N) is 1. The van der Waals surface area contributed by atoms with Crippen LogP contribution in [0.1, 0.15) is 47.0 Å². The Morgan fingerprint density at radius 3 is 2.50 bits per heavy atom. The van der Waals surface area contributed by atoms with Crippen LogP contribution >= 0.6 is 0 Å². The van der Waals surface area contributed by atoms with Crippen molar-refractivity contribution in [3.8, 4) is 0 Å². The molecular formula is C13H23NO2. The van der Waals surface area contributed by atoms with E-state index in [9.17, 15) is 4.79 Å². The highest BCUT2D eigenvalue weighted by atomic mass is 16.5. The lowest BCUT2D eigenvalue weighted by Crippen LogP contribution is -2.46. The van der Waals surface area contributed by atoms with Crippen LogP contribution in [0.5, 0.6) is 0 Å². The molecule has 0 aliphatic heterocycles. The van der Waals surface area contributed by atoms with Crippen molar-refractivity contribution in [1.29, 1.82) is 0 Å². The van der Waals surface area contributed by atoms with Crippen LogP contribution in [0.3, 0.4) is 0 Å². The molecule has 2 rings (SSSR count). The zero-order valence-electron chi connectivity index (χ0n) is 10.7. The maximum absolute atomic E-state index is 11.7. The molecule has 4 atom stereocenters. The molecule has 0 heterocycles. The molecule has 0 aromatic carbocycles. The number of esters is 1. The number of ether oxygens (including phenoxy) is 1. The Bertz CT molecular complexity index is 306. The average molecular weight is 225 g/mol. The van der Waals surface area contributed by atoms with Gasteiger partial charge in [-0.1, -0.05) is 20.8 Å². The maximum atomic E-state index is 11.7. The van der Waals surface area contributed by atoms with Crippen LogP contribution in [-0.4, -0.2) is 18.1 Å². The van der Waals surface area contributed by atoms with Crippen LogP contribution in [0.4, 0.5) is 0 Å². The van der Waals surface area contributed by atoms with E-state index in [4.69, 9.17) is 10.5 Å². The van der Waals surface area contributed by atoms with Crippen LogP contribution in [0, 0.1) is 16.7 Å². The first-order valence-corrected chi connectivity index (χ1v) is 6.23. The van der Waals surface area contributed by atoms with E-state index in [1.807, 2.05) is 0 Å².